The van der Waals surface area contributed by atoms with Crippen LogP contribution in [0.1, 0.15) is 89.2 Å². The standard InChI is InChI=1S/C25H36F2O2/c1-5-6-20-12-14-22(29-25(20)28)17(4)19-10-8-18(9-11-19)16(3)21-13-7-15(2)23(26)24(21)27/h7,13,16-20,22H,5-6,8-12,14H2,1-4H3. The number of hydrogen-bond acceptors (Lipinski definition) is 2. The maximum Gasteiger partial charge on any atom is 0.309 e. The number of carbonyl (C=O) groups excluding carboxylic acids is 1. The van der Waals surface area contributed by atoms with E-state index in [1.54, 1.807) is 19.1 Å². The summed E-state index contributed by atoms with van der Waals surface area (Å²) < 4.78 is 34.2. The van der Waals surface area contributed by atoms with E-state index in [4.69, 9.17) is 4.74 Å². The Labute approximate surface area is 174 Å². The molecule has 4 atom stereocenters. The summed E-state index contributed by atoms with van der Waals surface area (Å²) in [6.07, 6.45) is 8.09. The molecule has 0 bridgehead atoms. The summed E-state index contributed by atoms with van der Waals surface area (Å²) in [6, 6.07) is 3.43. The molecule has 29 heavy (non-hydrogen) atoms. The van der Waals surface area contributed by atoms with Gasteiger partial charge in [-0.3, -0.25) is 4.79 Å². The quantitative estimate of drug-likeness (QED) is 0.478. The van der Waals surface area contributed by atoms with Crippen LogP contribution < -0.4 is 0 Å². The van der Waals surface area contributed by atoms with Crippen molar-refractivity contribution in [3.63, 3.8) is 0 Å². The van der Waals surface area contributed by atoms with Gasteiger partial charge in [-0.1, -0.05) is 39.3 Å². The van der Waals surface area contributed by atoms with Gasteiger partial charge in [0.25, 0.3) is 0 Å². The first-order valence-corrected chi connectivity index (χ1v) is 11.5. The predicted octanol–water partition coefficient (Wildman–Crippen LogP) is 6.94. The van der Waals surface area contributed by atoms with E-state index in [1.807, 2.05) is 6.92 Å². The average molecular weight is 407 g/mol. The van der Waals surface area contributed by atoms with Crippen LogP contribution in [0.3, 0.4) is 0 Å². The lowest BCUT2D eigenvalue weighted by atomic mass is 9.69. The van der Waals surface area contributed by atoms with E-state index >= 15 is 0 Å². The van der Waals surface area contributed by atoms with E-state index in [-0.39, 0.29) is 23.9 Å². The van der Waals surface area contributed by atoms with Crippen LogP contribution in [0.2, 0.25) is 0 Å². The van der Waals surface area contributed by atoms with Crippen molar-refractivity contribution in [1.29, 1.82) is 0 Å². The van der Waals surface area contributed by atoms with Crippen molar-refractivity contribution < 1.29 is 18.3 Å². The van der Waals surface area contributed by atoms with Crippen molar-refractivity contribution in [2.24, 2.45) is 23.7 Å². The van der Waals surface area contributed by atoms with Crippen LogP contribution >= 0.6 is 0 Å². The summed E-state index contributed by atoms with van der Waals surface area (Å²) in [5, 5.41) is 0. The van der Waals surface area contributed by atoms with Crippen molar-refractivity contribution in [1.82, 2.24) is 0 Å². The highest BCUT2D eigenvalue weighted by Crippen LogP contribution is 2.43. The summed E-state index contributed by atoms with van der Waals surface area (Å²) in [4.78, 5) is 12.3. The van der Waals surface area contributed by atoms with Crippen molar-refractivity contribution in [2.45, 2.75) is 91.1 Å². The molecule has 4 heteroatoms. The molecule has 1 aliphatic heterocycles. The Balaban J connectivity index is 1.55. The highest BCUT2D eigenvalue weighted by molar-refractivity contribution is 5.73. The fourth-order valence-corrected chi connectivity index (χ4v) is 5.51. The van der Waals surface area contributed by atoms with E-state index in [1.165, 1.54) is 0 Å². The minimum Gasteiger partial charge on any atom is -0.462 e. The van der Waals surface area contributed by atoms with Gasteiger partial charge in [-0.25, -0.2) is 8.78 Å². The molecule has 4 unspecified atom stereocenters. The van der Waals surface area contributed by atoms with E-state index < -0.39 is 11.6 Å². The van der Waals surface area contributed by atoms with Gasteiger partial charge in [0.2, 0.25) is 0 Å². The van der Waals surface area contributed by atoms with Gasteiger partial charge in [-0.05, 0) is 86.7 Å². The number of cyclic esters (lactones) is 1. The zero-order chi connectivity index (χ0) is 21.1. The molecule has 1 saturated carbocycles. The van der Waals surface area contributed by atoms with Crippen LogP contribution in [0.5, 0.6) is 0 Å². The molecule has 1 heterocycles. The van der Waals surface area contributed by atoms with E-state index in [9.17, 15) is 13.6 Å². The number of ether oxygens (including phenoxy) is 1. The minimum absolute atomic E-state index is 0.00543. The Bertz CT molecular complexity index is 709. The van der Waals surface area contributed by atoms with Crippen LogP contribution in [-0.4, -0.2) is 12.1 Å². The van der Waals surface area contributed by atoms with Gasteiger partial charge in [0.05, 0.1) is 5.92 Å². The third-order valence-corrected chi connectivity index (χ3v) is 7.69. The van der Waals surface area contributed by atoms with E-state index in [2.05, 4.69) is 13.8 Å². The van der Waals surface area contributed by atoms with Gasteiger partial charge in [0, 0.05) is 0 Å². The fraction of sp³-hybridized carbons (Fsp3) is 0.720. The normalized spacial score (nSPS) is 29.9. The molecular formula is C25H36F2O2. The third-order valence-electron chi connectivity index (χ3n) is 7.69. The smallest absolute Gasteiger partial charge is 0.309 e. The Hall–Kier alpha value is -1.45. The molecule has 0 radical (unpaired) electrons. The Morgan fingerprint density at radius 3 is 2.28 bits per heavy atom. The molecule has 1 aromatic rings. The Kier molecular flexibility index (Phi) is 7.34. The van der Waals surface area contributed by atoms with Gasteiger partial charge in [0.15, 0.2) is 11.6 Å². The number of halogens is 2. The summed E-state index contributed by atoms with van der Waals surface area (Å²) in [5.74, 6) is -0.00802. The molecule has 0 N–H and O–H groups in total. The van der Waals surface area contributed by atoms with E-state index in [0.717, 1.165) is 51.4 Å². The second kappa shape index (κ2) is 9.57. The molecule has 1 saturated heterocycles. The fourth-order valence-electron chi connectivity index (χ4n) is 5.51. The number of aryl methyl sites for hydroxylation is 1. The zero-order valence-electron chi connectivity index (χ0n) is 18.3. The van der Waals surface area contributed by atoms with E-state index in [0.29, 0.717) is 28.9 Å². The molecular weight excluding hydrogens is 370 g/mol. The first-order chi connectivity index (χ1) is 13.8. The van der Waals surface area contributed by atoms with Crippen molar-refractivity contribution in [3.05, 3.63) is 34.9 Å². The molecule has 1 aromatic carbocycles. The SMILES string of the molecule is CCCC1CCC(C(C)C2CCC(C(C)c3ccc(C)c(F)c3F)CC2)OC1=O. The van der Waals surface area contributed by atoms with Crippen molar-refractivity contribution in [3.8, 4) is 0 Å². The summed E-state index contributed by atoms with van der Waals surface area (Å²) in [7, 11) is 0. The average Bonchev–Trinajstić information content (AvgIpc) is 2.73. The van der Waals surface area contributed by atoms with Gasteiger partial charge in [0.1, 0.15) is 6.10 Å². The van der Waals surface area contributed by atoms with Crippen LogP contribution in [0, 0.1) is 42.2 Å². The maximum atomic E-state index is 14.4. The topological polar surface area (TPSA) is 26.3 Å². The molecule has 0 spiro atoms. The summed E-state index contributed by atoms with van der Waals surface area (Å²) >= 11 is 0. The van der Waals surface area contributed by atoms with Gasteiger partial charge in [-0.15, -0.1) is 0 Å². The Morgan fingerprint density at radius 2 is 1.66 bits per heavy atom. The third kappa shape index (κ3) is 4.83. The summed E-state index contributed by atoms with van der Waals surface area (Å²) in [6.45, 7) is 7.96. The second-order valence-electron chi connectivity index (χ2n) is 9.46. The number of rotatable bonds is 6. The van der Waals surface area contributed by atoms with Crippen LogP contribution in [0.25, 0.3) is 0 Å². The molecule has 2 nitrogen and oxygen atoms in total. The first kappa shape index (κ1) is 22.2. The molecule has 2 aliphatic rings. The lowest BCUT2D eigenvalue weighted by Gasteiger charge is -2.39. The molecule has 3 rings (SSSR count). The highest BCUT2D eigenvalue weighted by Gasteiger charge is 2.37. The largest absolute Gasteiger partial charge is 0.462 e. The highest BCUT2D eigenvalue weighted by atomic mass is 19.2. The second-order valence-corrected chi connectivity index (χ2v) is 9.46. The Morgan fingerprint density at radius 1 is 1.00 bits per heavy atom. The summed E-state index contributed by atoms with van der Waals surface area (Å²) in [5.41, 5.74) is 0.868. The lowest BCUT2D eigenvalue weighted by molar-refractivity contribution is -0.165. The maximum absolute atomic E-state index is 14.4. The minimum atomic E-state index is -0.711. The van der Waals surface area contributed by atoms with Crippen LogP contribution in [0.4, 0.5) is 8.78 Å². The van der Waals surface area contributed by atoms with Crippen molar-refractivity contribution >= 4 is 5.97 Å². The number of carbonyl (C=O) groups is 1. The molecule has 0 aromatic heterocycles. The monoisotopic (exact) mass is 406 g/mol. The number of esters is 1. The van der Waals surface area contributed by atoms with Crippen molar-refractivity contribution in [2.75, 3.05) is 0 Å². The van der Waals surface area contributed by atoms with Gasteiger partial charge >= 0.3 is 5.97 Å². The number of hydrogen-bond donors (Lipinski definition) is 0. The zero-order valence-corrected chi connectivity index (χ0v) is 18.3. The molecule has 2 fully saturated rings. The lowest BCUT2D eigenvalue weighted by Crippen LogP contribution is -2.38. The van der Waals surface area contributed by atoms with Crippen LogP contribution in [0.15, 0.2) is 12.1 Å². The number of benzene rings is 1. The van der Waals surface area contributed by atoms with Gasteiger partial charge in [-0.2, -0.15) is 0 Å². The molecule has 162 valence electrons. The first-order valence-electron chi connectivity index (χ1n) is 11.5. The molecule has 0 amide bonds. The predicted molar refractivity (Wildman–Crippen MR) is 112 cm³/mol. The molecule has 1 aliphatic carbocycles. The van der Waals surface area contributed by atoms with Crippen LogP contribution in [-0.2, 0) is 9.53 Å². The van der Waals surface area contributed by atoms with Gasteiger partial charge < -0.3 is 4.74 Å².